The quantitative estimate of drug-likeness (QED) is 0.00678. The minimum absolute atomic E-state index is 0.130. The van der Waals surface area contributed by atoms with Crippen molar-refractivity contribution in [3.63, 3.8) is 0 Å². The van der Waals surface area contributed by atoms with E-state index in [-0.39, 0.29) is 79.1 Å². The number of carbonyl (C=O) groups is 3. The Morgan fingerprint density at radius 1 is 0.302 bits per heavy atom. The van der Waals surface area contributed by atoms with Crippen molar-refractivity contribution in [2.24, 2.45) is 23.7 Å². The van der Waals surface area contributed by atoms with Gasteiger partial charge in [0.1, 0.15) is 63.9 Å². The monoisotopic (exact) mass is 1630 g/mol. The number of aryl methyl sites for hydroxylation is 12. The van der Waals surface area contributed by atoms with Crippen molar-refractivity contribution in [2.75, 3.05) is 72.0 Å². The van der Waals surface area contributed by atoms with Gasteiger partial charge in [0.15, 0.2) is 33.4 Å². The fourth-order valence-corrected chi connectivity index (χ4v) is 15.8. The first-order chi connectivity index (χ1) is 55.5. The predicted octanol–water partition coefficient (Wildman–Crippen LogP) is 19.8. The van der Waals surface area contributed by atoms with E-state index >= 15 is 0 Å². The number of phenolic OH excluding ortho intramolecular Hbond substituents is 6. The van der Waals surface area contributed by atoms with Crippen LogP contribution in [0.4, 0.5) is 0 Å². The van der Waals surface area contributed by atoms with Gasteiger partial charge in [-0.25, -0.2) is 14.4 Å². The molecule has 2 aliphatic rings. The maximum Gasteiger partial charge on any atom is 0.346 e. The fraction of sp³-hybridized carbons (Fsp3) is 0.400. The first-order valence-electron chi connectivity index (χ1n) is 39.4. The van der Waals surface area contributed by atoms with Gasteiger partial charge < -0.3 is 78.4 Å². The van der Waals surface area contributed by atoms with Gasteiger partial charge in [0.2, 0.25) is 0 Å². The fourth-order valence-electron chi connectivity index (χ4n) is 15.6. The van der Waals surface area contributed by atoms with E-state index in [9.17, 15) is 45.0 Å². The zero-order valence-corrected chi connectivity index (χ0v) is 70.1. The number of rotatable bonds is 32. The number of carboxylic acids is 1. The van der Waals surface area contributed by atoms with Crippen LogP contribution in [0, 0.1) is 107 Å². The summed E-state index contributed by atoms with van der Waals surface area (Å²) in [4.78, 5) is 35.8. The van der Waals surface area contributed by atoms with Crippen molar-refractivity contribution < 1.29 is 92.8 Å². The number of phenols is 6. The molecule has 620 valence electrons. The Bertz CT molecular complexity index is 4230. The van der Waals surface area contributed by atoms with Crippen LogP contribution in [0.15, 0.2) is 146 Å². The van der Waals surface area contributed by atoms with Crippen molar-refractivity contribution in [1.29, 1.82) is 0 Å². The number of carbonyl (C=O) groups excluding carboxylic acids is 2. The topological polar surface area (TPSA) is 276 Å². The number of aromatic hydroxyl groups is 6. The maximum atomic E-state index is 12.5. The van der Waals surface area contributed by atoms with E-state index in [1.54, 1.807) is 12.1 Å². The molecule has 2 fully saturated rings. The van der Waals surface area contributed by atoms with Gasteiger partial charge in [-0.05, 0) is 311 Å². The summed E-state index contributed by atoms with van der Waals surface area (Å²) < 4.78 is 49.2. The van der Waals surface area contributed by atoms with Gasteiger partial charge >= 0.3 is 17.9 Å². The third kappa shape index (κ3) is 25.3. The van der Waals surface area contributed by atoms with Gasteiger partial charge in [-0.2, -0.15) is 0 Å². The molecule has 2 saturated carbocycles. The molecule has 9 aromatic carbocycles. The molecule has 0 bridgehead atoms. The van der Waals surface area contributed by atoms with Crippen molar-refractivity contribution >= 4 is 41.1 Å². The van der Waals surface area contributed by atoms with E-state index in [4.69, 9.17) is 70.9 Å². The Morgan fingerprint density at radius 3 is 0.681 bits per heavy atom. The summed E-state index contributed by atoms with van der Waals surface area (Å²) in [5.41, 5.74) is 18.5. The Hall–Kier alpha value is -9.99. The van der Waals surface area contributed by atoms with E-state index in [0.29, 0.717) is 66.3 Å². The lowest BCUT2D eigenvalue weighted by Crippen LogP contribution is -2.24. The smallest absolute Gasteiger partial charge is 0.346 e. The highest BCUT2D eigenvalue weighted by atomic mass is 35.5. The van der Waals surface area contributed by atoms with Crippen molar-refractivity contribution in [1.82, 2.24) is 0 Å². The normalized spacial score (nSPS) is 15.3. The lowest BCUT2D eigenvalue weighted by molar-refractivity contribution is -0.161. The number of carboxylic acid groups (broad SMARTS) is 1. The Morgan fingerprint density at radius 2 is 0.491 bits per heavy atom. The number of alkyl halides is 2. The molecule has 116 heavy (non-hydrogen) atoms. The molecule has 0 radical (unpaired) electrons. The summed E-state index contributed by atoms with van der Waals surface area (Å²) in [7, 11) is 0. The van der Waals surface area contributed by atoms with E-state index < -0.39 is 24.5 Å². The van der Waals surface area contributed by atoms with Crippen molar-refractivity contribution in [3.05, 3.63) is 262 Å². The van der Waals surface area contributed by atoms with Crippen LogP contribution in [0.5, 0.6) is 51.7 Å². The molecular weight excluding hydrogens is 1520 g/mol. The first-order valence-corrected chi connectivity index (χ1v) is 40.5. The third-order valence-electron chi connectivity index (χ3n) is 21.9. The number of esters is 2. The number of benzene rings is 9. The molecule has 0 amide bonds. The summed E-state index contributed by atoms with van der Waals surface area (Å²) in [5.74, 6) is 2.64. The van der Waals surface area contributed by atoms with E-state index in [1.165, 1.54) is 25.7 Å². The number of aliphatic carboxylic acids is 1. The first kappa shape index (κ1) is 89.9. The summed E-state index contributed by atoms with van der Waals surface area (Å²) in [5, 5.41) is 71.1. The van der Waals surface area contributed by atoms with Gasteiger partial charge in [0.25, 0.3) is 0 Å². The molecule has 0 heterocycles. The number of ether oxygens (including phenoxy) is 9. The van der Waals surface area contributed by atoms with Gasteiger partial charge in [-0.15, -0.1) is 0 Å². The van der Waals surface area contributed by atoms with Gasteiger partial charge in [0.05, 0.1) is 26.4 Å². The van der Waals surface area contributed by atoms with Gasteiger partial charge in [-0.3, -0.25) is 0 Å². The zero-order valence-electron chi connectivity index (χ0n) is 68.6. The molecule has 0 spiro atoms. The van der Waals surface area contributed by atoms with E-state index in [2.05, 4.69) is 0 Å². The SMILES string of the molecule is Cc1cc(C(c2ccc(OCC(=O)O)cc2)c2cc(C)c(O)c(C)c2)cc(C)c1O.Cc1cc(C(c2ccc(OCC(=O)OCOCC3CCC(COCOC(=O)COc4ccc(C(c5cc(C)c(O)c(C)c5)c5cc(C)c(O)c(C)c5)cc4)CC3)cc2)c2cc(C)c(O)c(C)c2)cc(C)c1O.ClCOCC1CCC(COCCl)CC1. The lowest BCUT2D eigenvalue weighted by Gasteiger charge is -2.28. The summed E-state index contributed by atoms with van der Waals surface area (Å²) in [6.45, 7) is 23.9. The van der Waals surface area contributed by atoms with Crippen LogP contribution in [-0.4, -0.2) is 126 Å². The Labute approximate surface area is 692 Å². The Balaban J connectivity index is 0.000000283. The molecule has 0 unspecified atom stereocenters. The molecule has 21 heteroatoms. The van der Waals surface area contributed by atoms with E-state index in [1.807, 2.05) is 217 Å². The average Bonchev–Trinajstić information content (AvgIpc) is 0.793. The summed E-state index contributed by atoms with van der Waals surface area (Å²) in [6, 6.07) is 46.8. The lowest BCUT2D eigenvalue weighted by atomic mass is 9.82. The van der Waals surface area contributed by atoms with Crippen LogP contribution in [0.2, 0.25) is 0 Å². The number of halogens is 2. The molecule has 9 aromatic rings. The third-order valence-corrected chi connectivity index (χ3v) is 22.2. The molecule has 0 aliphatic heterocycles. The van der Waals surface area contributed by atoms with E-state index in [0.717, 1.165) is 156 Å². The highest BCUT2D eigenvalue weighted by molar-refractivity contribution is 6.17. The molecule has 0 atom stereocenters. The minimum atomic E-state index is -1.03. The molecule has 19 nitrogen and oxygen atoms in total. The van der Waals surface area contributed by atoms with Gasteiger partial charge in [0, 0.05) is 17.8 Å². The second-order valence-corrected chi connectivity index (χ2v) is 31.5. The molecule has 11 rings (SSSR count). The van der Waals surface area contributed by atoms with Crippen LogP contribution in [-0.2, 0) is 42.8 Å². The van der Waals surface area contributed by atoms with Crippen LogP contribution in [0.3, 0.4) is 0 Å². The molecule has 2 aliphatic carbocycles. The second kappa shape index (κ2) is 43.3. The summed E-state index contributed by atoms with van der Waals surface area (Å²) >= 11 is 10.9. The maximum absolute atomic E-state index is 12.5. The molecule has 7 N–H and O–H groups in total. The summed E-state index contributed by atoms with van der Waals surface area (Å²) in [6.07, 6.45) is 8.68. The highest BCUT2D eigenvalue weighted by Gasteiger charge is 2.28. The highest BCUT2D eigenvalue weighted by Crippen LogP contribution is 2.43. The predicted molar refractivity (Wildman–Crippen MR) is 450 cm³/mol. The van der Waals surface area contributed by atoms with Crippen molar-refractivity contribution in [3.8, 4) is 51.7 Å². The van der Waals surface area contributed by atoms with Crippen LogP contribution >= 0.6 is 23.2 Å². The number of hydrogen-bond donors (Lipinski definition) is 7. The number of hydrogen-bond acceptors (Lipinski definition) is 18. The van der Waals surface area contributed by atoms with Crippen molar-refractivity contribution in [2.45, 2.75) is 152 Å². The molecule has 0 aromatic heterocycles. The standard InChI is InChI=1S/C60H68O12.C25H26O5.C10H18Cl2O2/c1-35-21-47(22-36(2)57(35)63)55(48-23-37(3)58(64)38(4)24-48)45-13-17-51(18-14-45)69-31-53(61)71-33-67-29-43-9-11-44(12-10-43)30-68-34-72-54(62)32-70-52-19-15-46(16-20-52)56(49-25-39(5)59(65)40(6)26-49)50-27-41(7)60(66)42(8)28-50;1-14-9-19(10-15(2)24(14)28)23(20-11-16(3)25(29)17(4)12-20)18-5-7-21(8-6-18)30-13-22(26)27;11-7-13-5-9-1-2-10(4-3-9)6-14-8-12/h13-28,43-44,55-56,63-66H,9-12,29-34H2,1-8H3;5-12,23,28-29H,13H2,1-4H3,(H,26,27);9-10H,1-8H2. The Kier molecular flexibility index (Phi) is 33.6. The molecular formula is C95H112Cl2O19. The van der Waals surface area contributed by atoms with Crippen LogP contribution in [0.25, 0.3) is 0 Å². The van der Waals surface area contributed by atoms with Gasteiger partial charge in [-0.1, -0.05) is 132 Å². The largest absolute Gasteiger partial charge is 0.507 e. The minimum Gasteiger partial charge on any atom is -0.507 e. The zero-order chi connectivity index (χ0) is 83.9. The second-order valence-electron chi connectivity index (χ2n) is 31.0. The van der Waals surface area contributed by atoms with Crippen LogP contribution in [0.1, 0.15) is 186 Å². The average molecular weight is 1630 g/mol. The van der Waals surface area contributed by atoms with Crippen LogP contribution < -0.4 is 14.2 Å². The molecule has 0 saturated heterocycles.